The van der Waals surface area contributed by atoms with E-state index in [2.05, 4.69) is 0 Å². The maximum Gasteiger partial charge on any atom is 0.225 e. The van der Waals surface area contributed by atoms with Crippen LogP contribution in [0.5, 0.6) is 0 Å². The molecule has 3 fully saturated rings. The standard InChI is InChI=1S/C14H24N2O3S/c1-2-16-10-12-6-8-15(14(17)11-4-3-5-11)9-7-13(12)20(16,18)19/h11-13H,2-10H2,1H3/t12-,13-/m1/s1. The first-order chi connectivity index (χ1) is 9.54. The second-order valence-electron chi connectivity index (χ2n) is 6.32. The van der Waals surface area contributed by atoms with Crippen molar-refractivity contribution in [1.82, 2.24) is 9.21 Å². The van der Waals surface area contributed by atoms with Gasteiger partial charge >= 0.3 is 0 Å². The van der Waals surface area contributed by atoms with Gasteiger partial charge in [-0.05, 0) is 31.6 Å². The number of carbonyl (C=O) groups is 1. The van der Waals surface area contributed by atoms with E-state index in [-0.39, 0.29) is 23.0 Å². The summed E-state index contributed by atoms with van der Waals surface area (Å²) < 4.78 is 26.4. The molecule has 0 spiro atoms. The molecule has 6 heteroatoms. The average molecular weight is 300 g/mol. The number of hydrogen-bond donors (Lipinski definition) is 0. The van der Waals surface area contributed by atoms with Crippen LogP contribution >= 0.6 is 0 Å². The fraction of sp³-hybridized carbons (Fsp3) is 0.929. The maximum absolute atomic E-state index is 12.4. The van der Waals surface area contributed by atoms with Crippen molar-refractivity contribution in [3.05, 3.63) is 0 Å². The summed E-state index contributed by atoms with van der Waals surface area (Å²) in [4.78, 5) is 14.2. The molecule has 2 heterocycles. The first-order valence-corrected chi connectivity index (χ1v) is 9.32. The minimum absolute atomic E-state index is 0.208. The zero-order valence-electron chi connectivity index (χ0n) is 12.1. The van der Waals surface area contributed by atoms with Crippen molar-refractivity contribution in [3.8, 4) is 0 Å². The van der Waals surface area contributed by atoms with Gasteiger partial charge in [0, 0.05) is 32.1 Å². The van der Waals surface area contributed by atoms with Gasteiger partial charge < -0.3 is 4.90 Å². The smallest absolute Gasteiger partial charge is 0.225 e. The number of hydrogen-bond acceptors (Lipinski definition) is 3. The van der Waals surface area contributed by atoms with Gasteiger partial charge in [-0.3, -0.25) is 4.79 Å². The van der Waals surface area contributed by atoms with Gasteiger partial charge in [-0.1, -0.05) is 13.3 Å². The molecule has 1 amide bonds. The molecule has 0 N–H and O–H groups in total. The normalized spacial score (nSPS) is 34.4. The van der Waals surface area contributed by atoms with Crippen molar-refractivity contribution in [2.75, 3.05) is 26.2 Å². The molecule has 2 atom stereocenters. The van der Waals surface area contributed by atoms with Crippen molar-refractivity contribution in [1.29, 1.82) is 0 Å². The third-order valence-corrected chi connectivity index (χ3v) is 7.79. The minimum Gasteiger partial charge on any atom is -0.342 e. The SMILES string of the molecule is CCN1C[C@H]2CCN(C(=O)C3CCC3)CC[C@H]2S1(=O)=O. The van der Waals surface area contributed by atoms with E-state index < -0.39 is 10.0 Å². The third-order valence-electron chi connectivity index (χ3n) is 5.28. The van der Waals surface area contributed by atoms with Crippen LogP contribution in [0.1, 0.15) is 39.0 Å². The summed E-state index contributed by atoms with van der Waals surface area (Å²) >= 11 is 0. The van der Waals surface area contributed by atoms with E-state index >= 15 is 0 Å². The Balaban J connectivity index is 1.69. The predicted molar refractivity (Wildman–Crippen MR) is 76.6 cm³/mol. The molecule has 5 nitrogen and oxygen atoms in total. The molecule has 0 aromatic rings. The van der Waals surface area contributed by atoms with Crippen LogP contribution in [0.15, 0.2) is 0 Å². The molecule has 0 aromatic carbocycles. The van der Waals surface area contributed by atoms with Crippen LogP contribution in [0, 0.1) is 11.8 Å². The number of rotatable bonds is 2. The van der Waals surface area contributed by atoms with Crippen LogP contribution in [-0.2, 0) is 14.8 Å². The zero-order chi connectivity index (χ0) is 14.3. The minimum atomic E-state index is -3.13. The summed E-state index contributed by atoms with van der Waals surface area (Å²) in [7, 11) is -3.13. The van der Waals surface area contributed by atoms with Crippen molar-refractivity contribution in [2.45, 2.75) is 44.3 Å². The second-order valence-corrected chi connectivity index (χ2v) is 8.48. The average Bonchev–Trinajstić information content (AvgIpc) is 2.51. The highest BCUT2D eigenvalue weighted by atomic mass is 32.2. The van der Waals surface area contributed by atoms with Crippen LogP contribution in [0.4, 0.5) is 0 Å². The Bertz CT molecular complexity index is 487. The van der Waals surface area contributed by atoms with Gasteiger partial charge in [-0.15, -0.1) is 0 Å². The van der Waals surface area contributed by atoms with E-state index in [1.165, 1.54) is 0 Å². The third kappa shape index (κ3) is 2.26. The zero-order valence-corrected chi connectivity index (χ0v) is 12.9. The molecular weight excluding hydrogens is 276 g/mol. The van der Waals surface area contributed by atoms with Crippen molar-refractivity contribution >= 4 is 15.9 Å². The van der Waals surface area contributed by atoms with Crippen molar-refractivity contribution in [3.63, 3.8) is 0 Å². The number of sulfonamides is 1. The van der Waals surface area contributed by atoms with E-state index in [9.17, 15) is 13.2 Å². The lowest BCUT2D eigenvalue weighted by atomic mass is 9.84. The first-order valence-electron chi connectivity index (χ1n) is 7.81. The van der Waals surface area contributed by atoms with Gasteiger partial charge in [0.2, 0.25) is 15.9 Å². The lowest BCUT2D eigenvalue weighted by Crippen LogP contribution is -2.40. The number of likely N-dealkylation sites (tertiary alicyclic amines) is 1. The lowest BCUT2D eigenvalue weighted by Gasteiger charge is -2.31. The molecule has 0 radical (unpaired) electrons. The molecule has 3 aliphatic rings. The number of fused-ring (bicyclic) bond motifs is 1. The van der Waals surface area contributed by atoms with E-state index in [1.807, 2.05) is 11.8 Å². The second kappa shape index (κ2) is 5.30. The molecule has 3 rings (SSSR count). The molecule has 2 aliphatic heterocycles. The van der Waals surface area contributed by atoms with Crippen LogP contribution in [-0.4, -0.2) is 55.0 Å². The molecule has 1 saturated carbocycles. The molecular formula is C14H24N2O3S. The molecule has 114 valence electrons. The van der Waals surface area contributed by atoms with Gasteiger partial charge in [-0.25, -0.2) is 12.7 Å². The quantitative estimate of drug-likeness (QED) is 0.766. The summed E-state index contributed by atoms with van der Waals surface area (Å²) in [5.74, 6) is 0.691. The Hall–Kier alpha value is -0.620. The van der Waals surface area contributed by atoms with Crippen molar-refractivity contribution < 1.29 is 13.2 Å². The summed E-state index contributed by atoms with van der Waals surface area (Å²) in [6, 6.07) is 0. The lowest BCUT2D eigenvalue weighted by molar-refractivity contribution is -0.138. The van der Waals surface area contributed by atoms with Gasteiger partial charge in [0.15, 0.2) is 0 Å². The summed E-state index contributed by atoms with van der Waals surface area (Å²) in [6.45, 7) is 4.47. The van der Waals surface area contributed by atoms with E-state index in [0.717, 1.165) is 32.2 Å². The monoisotopic (exact) mass is 300 g/mol. The topological polar surface area (TPSA) is 57.7 Å². The largest absolute Gasteiger partial charge is 0.342 e. The Morgan fingerprint density at radius 1 is 1.15 bits per heavy atom. The van der Waals surface area contributed by atoms with Crippen LogP contribution in [0.3, 0.4) is 0 Å². The molecule has 1 aliphatic carbocycles. The predicted octanol–water partition coefficient (Wildman–Crippen LogP) is 1.06. The molecule has 0 unspecified atom stereocenters. The highest BCUT2D eigenvalue weighted by Crippen LogP contribution is 2.35. The fourth-order valence-corrected chi connectivity index (χ4v) is 5.99. The summed E-state index contributed by atoms with van der Waals surface area (Å²) in [5, 5.41) is -0.262. The van der Waals surface area contributed by atoms with E-state index in [4.69, 9.17) is 0 Å². The number of carbonyl (C=O) groups excluding carboxylic acids is 1. The molecule has 2 saturated heterocycles. The Morgan fingerprint density at radius 2 is 1.85 bits per heavy atom. The van der Waals surface area contributed by atoms with Gasteiger partial charge in [0.05, 0.1) is 5.25 Å². The van der Waals surface area contributed by atoms with Gasteiger partial charge in [0.1, 0.15) is 0 Å². The maximum atomic E-state index is 12.4. The first kappa shape index (κ1) is 14.3. The number of amides is 1. The van der Waals surface area contributed by atoms with Crippen molar-refractivity contribution in [2.24, 2.45) is 11.8 Å². The highest BCUT2D eigenvalue weighted by molar-refractivity contribution is 7.90. The summed E-state index contributed by atoms with van der Waals surface area (Å²) in [6.07, 6.45) is 4.64. The molecule has 0 aromatic heterocycles. The Labute approximate surface area is 121 Å². The van der Waals surface area contributed by atoms with Crippen LogP contribution < -0.4 is 0 Å². The fourth-order valence-electron chi connectivity index (χ4n) is 3.74. The summed E-state index contributed by atoms with van der Waals surface area (Å²) in [5.41, 5.74) is 0. The Morgan fingerprint density at radius 3 is 2.45 bits per heavy atom. The van der Waals surface area contributed by atoms with E-state index in [1.54, 1.807) is 4.31 Å². The molecule has 0 bridgehead atoms. The van der Waals surface area contributed by atoms with Gasteiger partial charge in [0.25, 0.3) is 0 Å². The Kier molecular flexibility index (Phi) is 3.79. The van der Waals surface area contributed by atoms with E-state index in [0.29, 0.717) is 26.1 Å². The highest BCUT2D eigenvalue weighted by Gasteiger charge is 2.46. The van der Waals surface area contributed by atoms with Gasteiger partial charge in [-0.2, -0.15) is 0 Å². The number of nitrogens with zero attached hydrogens (tertiary/aromatic N) is 2. The van der Waals surface area contributed by atoms with Crippen LogP contribution in [0.25, 0.3) is 0 Å². The van der Waals surface area contributed by atoms with Crippen LogP contribution in [0.2, 0.25) is 0 Å². The molecule has 20 heavy (non-hydrogen) atoms.